The Morgan fingerprint density at radius 1 is 1.17 bits per heavy atom. The quantitative estimate of drug-likeness (QED) is 0.806. The third kappa shape index (κ3) is 4.37. The fourth-order valence-electron chi connectivity index (χ4n) is 2.54. The summed E-state index contributed by atoms with van der Waals surface area (Å²) in [7, 11) is 0. The summed E-state index contributed by atoms with van der Waals surface area (Å²) in [5.41, 5.74) is 6.37. The van der Waals surface area contributed by atoms with E-state index in [1.165, 1.54) is 0 Å². The largest absolute Gasteiger partial charge is 0.444 e. The first-order valence-corrected chi connectivity index (χ1v) is 7.82. The highest BCUT2D eigenvalue weighted by atomic mass is 16.6. The number of anilines is 1. The van der Waals surface area contributed by atoms with Crippen molar-refractivity contribution in [3.63, 3.8) is 0 Å². The molecular formula is C17H25N3O3. The molecule has 6 nitrogen and oxygen atoms in total. The van der Waals surface area contributed by atoms with E-state index in [4.69, 9.17) is 10.5 Å². The van der Waals surface area contributed by atoms with E-state index in [-0.39, 0.29) is 18.0 Å². The lowest BCUT2D eigenvalue weighted by Gasteiger charge is -2.40. The van der Waals surface area contributed by atoms with Crippen molar-refractivity contribution >= 4 is 17.7 Å². The van der Waals surface area contributed by atoms with Crippen LogP contribution in [0.3, 0.4) is 0 Å². The second-order valence-electron chi connectivity index (χ2n) is 6.90. The molecule has 1 aromatic rings. The zero-order chi connectivity index (χ0) is 17.2. The second kappa shape index (κ2) is 6.48. The van der Waals surface area contributed by atoms with Gasteiger partial charge in [-0.25, -0.2) is 4.79 Å². The Balaban J connectivity index is 2.00. The standard InChI is InChI=1S/C17H25N3O3/c1-12-11-19(16(22)23-17(2,3)4)9-10-20(12)15(21)13-5-7-14(18)8-6-13/h5-8,12H,9-11,18H2,1-4H3. The zero-order valence-corrected chi connectivity index (χ0v) is 14.2. The third-order valence-corrected chi connectivity index (χ3v) is 3.70. The number of hydrogen-bond acceptors (Lipinski definition) is 4. The van der Waals surface area contributed by atoms with E-state index >= 15 is 0 Å². The molecule has 23 heavy (non-hydrogen) atoms. The van der Waals surface area contributed by atoms with E-state index in [9.17, 15) is 9.59 Å². The number of carbonyl (C=O) groups excluding carboxylic acids is 2. The molecule has 2 rings (SSSR count). The van der Waals surface area contributed by atoms with E-state index in [1.807, 2.05) is 27.7 Å². The first-order valence-electron chi connectivity index (χ1n) is 7.82. The van der Waals surface area contributed by atoms with Crippen LogP contribution in [0.25, 0.3) is 0 Å². The fraction of sp³-hybridized carbons (Fsp3) is 0.529. The Morgan fingerprint density at radius 3 is 2.30 bits per heavy atom. The predicted molar refractivity (Wildman–Crippen MR) is 89.2 cm³/mol. The molecule has 1 aliphatic heterocycles. The third-order valence-electron chi connectivity index (χ3n) is 3.70. The van der Waals surface area contributed by atoms with E-state index in [0.29, 0.717) is 30.9 Å². The molecule has 6 heteroatoms. The van der Waals surface area contributed by atoms with Gasteiger partial charge in [0.05, 0.1) is 0 Å². The van der Waals surface area contributed by atoms with Gasteiger partial charge in [-0.3, -0.25) is 4.79 Å². The smallest absolute Gasteiger partial charge is 0.410 e. The van der Waals surface area contributed by atoms with Crippen molar-refractivity contribution < 1.29 is 14.3 Å². The van der Waals surface area contributed by atoms with Gasteiger partial charge in [-0.2, -0.15) is 0 Å². The van der Waals surface area contributed by atoms with Crippen LogP contribution >= 0.6 is 0 Å². The lowest BCUT2D eigenvalue weighted by Crippen LogP contribution is -2.56. The van der Waals surface area contributed by atoms with Crippen LogP contribution in [0, 0.1) is 0 Å². The molecule has 1 aromatic carbocycles. The van der Waals surface area contributed by atoms with Gasteiger partial charge in [0.15, 0.2) is 0 Å². The summed E-state index contributed by atoms with van der Waals surface area (Å²) in [5.74, 6) is -0.0404. The number of rotatable bonds is 1. The number of nitrogens with zero attached hydrogens (tertiary/aromatic N) is 2. The molecule has 1 saturated heterocycles. The molecule has 0 saturated carbocycles. The molecule has 1 atom stereocenters. The van der Waals surface area contributed by atoms with Gasteiger partial charge in [0, 0.05) is 36.9 Å². The summed E-state index contributed by atoms with van der Waals surface area (Å²) in [6, 6.07) is 6.82. The highest BCUT2D eigenvalue weighted by Crippen LogP contribution is 2.17. The number of nitrogens with two attached hydrogens (primary N) is 1. The summed E-state index contributed by atoms with van der Waals surface area (Å²) in [6.45, 7) is 8.89. The van der Waals surface area contributed by atoms with Gasteiger partial charge < -0.3 is 20.3 Å². The first-order chi connectivity index (χ1) is 10.7. The van der Waals surface area contributed by atoms with Crippen LogP contribution in [0.1, 0.15) is 38.1 Å². The molecule has 1 heterocycles. The number of benzene rings is 1. The van der Waals surface area contributed by atoms with Crippen LogP contribution in [0.5, 0.6) is 0 Å². The Hall–Kier alpha value is -2.24. The monoisotopic (exact) mass is 319 g/mol. The number of ether oxygens (including phenoxy) is 1. The Morgan fingerprint density at radius 2 is 1.78 bits per heavy atom. The van der Waals surface area contributed by atoms with Crippen molar-refractivity contribution in [3.05, 3.63) is 29.8 Å². The molecule has 0 radical (unpaired) electrons. The SMILES string of the molecule is CC1CN(C(=O)OC(C)(C)C)CCN1C(=O)c1ccc(N)cc1. The summed E-state index contributed by atoms with van der Waals surface area (Å²) >= 11 is 0. The number of amides is 2. The summed E-state index contributed by atoms with van der Waals surface area (Å²) in [5, 5.41) is 0. The molecule has 1 fully saturated rings. The highest BCUT2D eigenvalue weighted by molar-refractivity contribution is 5.94. The van der Waals surface area contributed by atoms with Gasteiger partial charge in [-0.1, -0.05) is 0 Å². The minimum Gasteiger partial charge on any atom is -0.444 e. The van der Waals surface area contributed by atoms with Crippen molar-refractivity contribution in [2.24, 2.45) is 0 Å². The summed E-state index contributed by atoms with van der Waals surface area (Å²) in [6.07, 6.45) is -0.330. The lowest BCUT2D eigenvalue weighted by atomic mass is 10.1. The van der Waals surface area contributed by atoms with Gasteiger partial charge in [-0.05, 0) is 52.0 Å². The fourth-order valence-corrected chi connectivity index (χ4v) is 2.54. The van der Waals surface area contributed by atoms with E-state index in [1.54, 1.807) is 34.1 Å². The normalized spacial score (nSPS) is 18.7. The van der Waals surface area contributed by atoms with Gasteiger partial charge in [0.25, 0.3) is 5.91 Å². The molecule has 126 valence electrons. The highest BCUT2D eigenvalue weighted by Gasteiger charge is 2.32. The molecule has 1 unspecified atom stereocenters. The molecule has 0 spiro atoms. The molecule has 0 bridgehead atoms. The second-order valence-corrected chi connectivity index (χ2v) is 6.90. The van der Waals surface area contributed by atoms with Gasteiger partial charge >= 0.3 is 6.09 Å². The van der Waals surface area contributed by atoms with E-state index < -0.39 is 5.60 Å². The van der Waals surface area contributed by atoms with Crippen LogP contribution < -0.4 is 5.73 Å². The van der Waals surface area contributed by atoms with Crippen molar-refractivity contribution in [2.75, 3.05) is 25.4 Å². The van der Waals surface area contributed by atoms with Crippen molar-refractivity contribution in [2.45, 2.75) is 39.3 Å². The van der Waals surface area contributed by atoms with Crippen LogP contribution in [0.15, 0.2) is 24.3 Å². The Bertz CT molecular complexity index is 578. The number of hydrogen-bond donors (Lipinski definition) is 1. The van der Waals surface area contributed by atoms with Crippen LogP contribution in [-0.4, -0.2) is 53.1 Å². The topological polar surface area (TPSA) is 75.9 Å². The molecule has 1 aliphatic rings. The number of carbonyl (C=O) groups is 2. The van der Waals surface area contributed by atoms with Gasteiger partial charge in [0.1, 0.15) is 5.60 Å². The zero-order valence-electron chi connectivity index (χ0n) is 14.2. The molecular weight excluding hydrogens is 294 g/mol. The summed E-state index contributed by atoms with van der Waals surface area (Å²) < 4.78 is 5.39. The van der Waals surface area contributed by atoms with Crippen molar-refractivity contribution in [3.8, 4) is 0 Å². The van der Waals surface area contributed by atoms with Crippen molar-refractivity contribution in [1.29, 1.82) is 0 Å². The molecule has 0 aliphatic carbocycles. The summed E-state index contributed by atoms with van der Waals surface area (Å²) in [4.78, 5) is 28.1. The van der Waals surface area contributed by atoms with Crippen LogP contribution in [0.2, 0.25) is 0 Å². The number of nitrogen functional groups attached to an aromatic ring is 1. The van der Waals surface area contributed by atoms with Gasteiger partial charge in [-0.15, -0.1) is 0 Å². The minimum atomic E-state index is -0.517. The predicted octanol–water partition coefficient (Wildman–Crippen LogP) is 2.35. The Labute approximate surface area is 137 Å². The van der Waals surface area contributed by atoms with E-state index in [2.05, 4.69) is 0 Å². The molecule has 2 amide bonds. The minimum absolute atomic E-state index is 0.0404. The van der Waals surface area contributed by atoms with Crippen LogP contribution in [0.4, 0.5) is 10.5 Å². The maximum absolute atomic E-state index is 12.6. The lowest BCUT2D eigenvalue weighted by molar-refractivity contribution is 0.00617. The number of piperazine rings is 1. The van der Waals surface area contributed by atoms with E-state index in [0.717, 1.165) is 0 Å². The maximum Gasteiger partial charge on any atom is 0.410 e. The molecule has 2 N–H and O–H groups in total. The first kappa shape index (κ1) is 17.1. The molecule has 0 aromatic heterocycles. The Kier molecular flexibility index (Phi) is 4.82. The van der Waals surface area contributed by atoms with Crippen LogP contribution in [-0.2, 0) is 4.74 Å². The van der Waals surface area contributed by atoms with Crippen molar-refractivity contribution in [1.82, 2.24) is 9.80 Å². The van der Waals surface area contributed by atoms with Gasteiger partial charge in [0.2, 0.25) is 0 Å². The average Bonchev–Trinajstić information content (AvgIpc) is 2.45. The maximum atomic E-state index is 12.6. The average molecular weight is 319 g/mol.